The Morgan fingerprint density at radius 3 is 1.36 bits per heavy atom. The van der Waals surface area contributed by atoms with Crippen LogP contribution in [0.5, 0.6) is 0 Å². The molecule has 0 atom stereocenters. The van der Waals surface area contributed by atoms with Crippen LogP contribution in [0.1, 0.15) is 16.7 Å². The van der Waals surface area contributed by atoms with E-state index in [2.05, 4.69) is 0 Å². The Bertz CT molecular complexity index is 859. The molecule has 0 saturated heterocycles. The fourth-order valence-electron chi connectivity index (χ4n) is 2.59. The molecular formula is C20H17O4P. The van der Waals surface area contributed by atoms with Crippen molar-refractivity contribution in [1.82, 2.24) is 0 Å². The van der Waals surface area contributed by atoms with Gasteiger partial charge in [-0.25, -0.2) is 4.57 Å². The maximum Gasteiger partial charge on any atom is 0.524 e. The highest BCUT2D eigenvalue weighted by Gasteiger charge is 2.23. The van der Waals surface area contributed by atoms with Gasteiger partial charge in [-0.2, -0.15) is 0 Å². The predicted octanol–water partition coefficient (Wildman–Crippen LogP) is 4.71. The summed E-state index contributed by atoms with van der Waals surface area (Å²) in [6, 6.07) is 27.8. The monoisotopic (exact) mass is 352 g/mol. The van der Waals surface area contributed by atoms with E-state index in [1.165, 1.54) is 0 Å². The molecule has 3 rings (SSSR count). The van der Waals surface area contributed by atoms with Crippen molar-refractivity contribution >= 4 is 19.2 Å². The topological polar surface area (TPSA) is 66.8 Å². The molecule has 0 aliphatic heterocycles. The molecule has 2 N–H and O–H groups in total. The van der Waals surface area contributed by atoms with Crippen molar-refractivity contribution in [2.45, 2.75) is 0 Å². The minimum absolute atomic E-state index is 0.145. The van der Waals surface area contributed by atoms with Gasteiger partial charge >= 0.3 is 7.82 Å². The van der Waals surface area contributed by atoms with E-state index in [1.807, 2.05) is 66.7 Å². The lowest BCUT2D eigenvalue weighted by atomic mass is 9.94. The van der Waals surface area contributed by atoms with Crippen LogP contribution in [0, 0.1) is 0 Å². The molecule has 0 aliphatic carbocycles. The molecule has 0 amide bonds. The van der Waals surface area contributed by atoms with Gasteiger partial charge < -0.3 is 4.52 Å². The summed E-state index contributed by atoms with van der Waals surface area (Å²) in [7, 11) is -4.74. The van der Waals surface area contributed by atoms with Crippen molar-refractivity contribution in [2.75, 3.05) is 0 Å². The first-order valence-corrected chi connectivity index (χ1v) is 9.23. The average molecular weight is 352 g/mol. The smallest absolute Gasteiger partial charge is 0.403 e. The molecule has 5 heteroatoms. The Morgan fingerprint density at radius 1 is 0.640 bits per heavy atom. The number of hydrogen-bond acceptors (Lipinski definition) is 2. The molecule has 126 valence electrons. The van der Waals surface area contributed by atoms with Crippen LogP contribution in [0.2, 0.25) is 0 Å². The van der Waals surface area contributed by atoms with Crippen LogP contribution >= 0.6 is 7.82 Å². The summed E-state index contributed by atoms with van der Waals surface area (Å²) in [6.45, 7) is 0. The van der Waals surface area contributed by atoms with Crippen molar-refractivity contribution in [1.29, 1.82) is 0 Å². The number of hydrogen-bond donors (Lipinski definition) is 2. The van der Waals surface area contributed by atoms with E-state index in [1.54, 1.807) is 24.3 Å². The molecule has 0 heterocycles. The average Bonchev–Trinajstić information content (AvgIpc) is 2.63. The molecular weight excluding hydrogens is 335 g/mol. The highest BCUT2D eigenvalue weighted by molar-refractivity contribution is 7.46. The summed E-state index contributed by atoms with van der Waals surface area (Å²) in [5.74, 6) is 0.145. The predicted molar refractivity (Wildman–Crippen MR) is 98.4 cm³/mol. The van der Waals surface area contributed by atoms with Gasteiger partial charge in [0.25, 0.3) is 0 Å². The van der Waals surface area contributed by atoms with Crippen molar-refractivity contribution < 1.29 is 18.9 Å². The quantitative estimate of drug-likeness (QED) is 0.396. The van der Waals surface area contributed by atoms with E-state index < -0.39 is 7.82 Å². The zero-order valence-corrected chi connectivity index (χ0v) is 14.2. The van der Waals surface area contributed by atoms with E-state index >= 15 is 0 Å². The second-order valence-corrected chi connectivity index (χ2v) is 6.55. The Hall–Kier alpha value is -2.65. The molecule has 0 saturated carbocycles. The molecule has 0 radical (unpaired) electrons. The molecule has 4 nitrogen and oxygen atoms in total. The van der Waals surface area contributed by atoms with E-state index in [0.717, 1.165) is 11.1 Å². The highest BCUT2D eigenvalue weighted by Crippen LogP contribution is 2.45. The Morgan fingerprint density at radius 2 is 1.00 bits per heavy atom. The maximum absolute atomic E-state index is 11.6. The number of phosphoric ester groups is 1. The number of benzene rings is 3. The second kappa shape index (κ2) is 7.49. The third kappa shape index (κ3) is 4.46. The van der Waals surface area contributed by atoms with Gasteiger partial charge in [0.2, 0.25) is 0 Å². The van der Waals surface area contributed by atoms with Gasteiger partial charge in [0.05, 0.1) is 0 Å². The van der Waals surface area contributed by atoms with Crippen molar-refractivity contribution in [3.63, 3.8) is 0 Å². The van der Waals surface area contributed by atoms with Crippen LogP contribution in [0.15, 0.2) is 91.0 Å². The lowest BCUT2D eigenvalue weighted by molar-refractivity contribution is 0.269. The normalized spacial score (nSPS) is 11.0. The van der Waals surface area contributed by atoms with Crippen LogP contribution in [0.25, 0.3) is 11.3 Å². The van der Waals surface area contributed by atoms with E-state index in [-0.39, 0.29) is 5.76 Å². The van der Waals surface area contributed by atoms with E-state index in [9.17, 15) is 14.4 Å². The van der Waals surface area contributed by atoms with Gasteiger partial charge in [0.15, 0.2) is 0 Å². The molecule has 0 bridgehead atoms. The lowest BCUT2D eigenvalue weighted by Crippen LogP contribution is -1.98. The van der Waals surface area contributed by atoms with Crippen LogP contribution < -0.4 is 0 Å². The molecule has 0 aliphatic rings. The number of phosphoric acid groups is 1. The zero-order chi connectivity index (χ0) is 17.7. The number of rotatable bonds is 5. The molecule has 3 aromatic rings. The van der Waals surface area contributed by atoms with Crippen LogP contribution in [-0.4, -0.2) is 9.79 Å². The highest BCUT2D eigenvalue weighted by atomic mass is 31.2. The SMILES string of the molecule is O=P(O)(O)OC(=C(c1ccccc1)c1ccccc1)c1ccccc1. The van der Waals surface area contributed by atoms with Crippen molar-refractivity contribution in [3.8, 4) is 0 Å². The van der Waals surface area contributed by atoms with E-state index in [4.69, 9.17) is 4.52 Å². The fraction of sp³-hybridized carbons (Fsp3) is 0. The molecule has 0 unspecified atom stereocenters. The molecule has 0 spiro atoms. The summed E-state index contributed by atoms with van der Waals surface area (Å²) >= 11 is 0. The minimum Gasteiger partial charge on any atom is -0.403 e. The summed E-state index contributed by atoms with van der Waals surface area (Å²) in [4.78, 5) is 18.9. The Kier molecular flexibility index (Phi) is 5.15. The molecule has 25 heavy (non-hydrogen) atoms. The lowest BCUT2D eigenvalue weighted by Gasteiger charge is -2.18. The van der Waals surface area contributed by atoms with Crippen LogP contribution in [0.4, 0.5) is 0 Å². The summed E-state index contributed by atoms with van der Waals surface area (Å²) in [5.41, 5.74) is 2.83. The maximum atomic E-state index is 11.6. The van der Waals surface area contributed by atoms with Gasteiger partial charge in [-0.05, 0) is 11.1 Å². The van der Waals surface area contributed by atoms with Crippen molar-refractivity contribution in [2.24, 2.45) is 0 Å². The third-order valence-corrected chi connectivity index (χ3v) is 4.02. The molecule has 0 fully saturated rings. The summed E-state index contributed by atoms with van der Waals surface area (Å²) < 4.78 is 16.8. The largest absolute Gasteiger partial charge is 0.524 e. The van der Waals surface area contributed by atoms with Crippen molar-refractivity contribution in [3.05, 3.63) is 108 Å². The first-order chi connectivity index (χ1) is 12.0. The minimum atomic E-state index is -4.74. The standard InChI is InChI=1S/C20H17O4P/c21-25(22,23)24-20(18-14-8-3-9-15-18)19(16-10-4-1-5-11-16)17-12-6-2-7-13-17/h1-15H,(H2,21,22,23). The van der Waals surface area contributed by atoms with Gasteiger partial charge in [-0.3, -0.25) is 9.79 Å². The fourth-order valence-corrected chi connectivity index (χ4v) is 3.02. The van der Waals surface area contributed by atoms with Gasteiger partial charge in [0.1, 0.15) is 5.76 Å². The van der Waals surface area contributed by atoms with E-state index in [0.29, 0.717) is 11.1 Å². The first kappa shape index (κ1) is 17.2. The second-order valence-electron chi connectivity index (χ2n) is 5.38. The molecule has 3 aromatic carbocycles. The van der Waals surface area contributed by atoms with Gasteiger partial charge in [-0.15, -0.1) is 0 Å². The summed E-state index contributed by atoms with van der Waals surface area (Å²) in [6.07, 6.45) is 0. The Labute approximate surface area is 146 Å². The first-order valence-electron chi connectivity index (χ1n) is 7.70. The Balaban J connectivity index is 2.32. The zero-order valence-electron chi connectivity index (χ0n) is 13.3. The van der Waals surface area contributed by atoms with Gasteiger partial charge in [0, 0.05) is 11.1 Å². The van der Waals surface area contributed by atoms with Gasteiger partial charge in [-0.1, -0.05) is 91.0 Å². The third-order valence-electron chi connectivity index (χ3n) is 3.60. The van der Waals surface area contributed by atoms with Crippen LogP contribution in [0.3, 0.4) is 0 Å². The van der Waals surface area contributed by atoms with Crippen LogP contribution in [-0.2, 0) is 9.09 Å². The molecule has 0 aromatic heterocycles. The summed E-state index contributed by atoms with van der Waals surface area (Å²) in [5, 5.41) is 0.